The Hall–Kier alpha value is -4.96. The zero-order valence-corrected chi connectivity index (χ0v) is 19.5. The molecule has 4 nitrogen and oxygen atoms in total. The molecule has 0 aromatic heterocycles. The van der Waals surface area contributed by atoms with Gasteiger partial charge in [0, 0.05) is 38.6 Å². The number of rotatable bonds is 1. The average molecular weight is 479 g/mol. The maximum Gasteiger partial charge on any atom is 0.194 e. The number of allylic oxidation sites excluding steroid dienone is 2. The van der Waals surface area contributed by atoms with Gasteiger partial charge >= 0.3 is 0 Å². The van der Waals surface area contributed by atoms with Crippen LogP contribution in [0.3, 0.4) is 0 Å². The van der Waals surface area contributed by atoms with E-state index in [1.165, 1.54) is 0 Å². The van der Waals surface area contributed by atoms with Crippen LogP contribution in [-0.4, -0.2) is 16.7 Å². The molecule has 0 fully saturated rings. The zero-order valence-electron chi connectivity index (χ0n) is 19.5. The highest BCUT2D eigenvalue weighted by Gasteiger charge is 2.46. The molecule has 0 unspecified atom stereocenters. The van der Waals surface area contributed by atoms with Crippen molar-refractivity contribution in [1.82, 2.24) is 0 Å². The fourth-order valence-electron chi connectivity index (χ4n) is 6.26. The third-order valence-electron chi connectivity index (χ3n) is 7.80. The first-order valence-corrected chi connectivity index (χ1v) is 12.2. The number of carbonyl (C=O) groups excluding carboxylic acids is 2. The van der Waals surface area contributed by atoms with E-state index in [0.29, 0.717) is 39.4 Å². The molecule has 1 N–H and O–H groups in total. The molecule has 0 saturated heterocycles. The lowest BCUT2D eigenvalue weighted by Crippen LogP contribution is -2.29. The smallest absolute Gasteiger partial charge is 0.194 e. The molecule has 1 aliphatic heterocycles. The van der Waals surface area contributed by atoms with Crippen LogP contribution in [-0.2, 0) is 4.74 Å². The van der Waals surface area contributed by atoms with E-state index in [1.807, 2.05) is 78.9 Å². The highest BCUT2D eigenvalue weighted by molar-refractivity contribution is 6.31. The number of aromatic hydroxyl groups is 1. The second kappa shape index (κ2) is 7.05. The molecule has 4 heteroatoms. The van der Waals surface area contributed by atoms with E-state index in [-0.39, 0.29) is 17.3 Å². The number of Topliss-reactive ketones (excluding diaryl/α,β-unsaturated/α-hetero) is 2. The average Bonchev–Trinajstić information content (AvgIpc) is 2.93. The van der Waals surface area contributed by atoms with Gasteiger partial charge in [0.05, 0.1) is 17.1 Å². The molecule has 0 saturated carbocycles. The topological polar surface area (TPSA) is 63.6 Å². The summed E-state index contributed by atoms with van der Waals surface area (Å²) in [6.07, 6.45) is 0. The molecule has 174 valence electrons. The summed E-state index contributed by atoms with van der Waals surface area (Å²) in [6.45, 7) is 0. The SMILES string of the molecule is O=C1C2=C(OC3=C(C(=O)c4cccc5cccc3c45)C2c2ccccc2O)c2cccc3cccc1c23. The van der Waals surface area contributed by atoms with E-state index < -0.39 is 5.92 Å². The summed E-state index contributed by atoms with van der Waals surface area (Å²) < 4.78 is 6.66. The summed E-state index contributed by atoms with van der Waals surface area (Å²) in [6, 6.07) is 30.1. The summed E-state index contributed by atoms with van der Waals surface area (Å²) in [5, 5.41) is 14.6. The van der Waals surface area contributed by atoms with Crippen LogP contribution in [0.4, 0.5) is 0 Å². The number of para-hydroxylation sites is 1. The van der Waals surface area contributed by atoms with Gasteiger partial charge in [0.25, 0.3) is 0 Å². The van der Waals surface area contributed by atoms with Gasteiger partial charge in [-0.25, -0.2) is 0 Å². The zero-order chi connectivity index (χ0) is 24.8. The van der Waals surface area contributed by atoms with Crippen LogP contribution >= 0.6 is 0 Å². The van der Waals surface area contributed by atoms with Gasteiger partial charge in [0.15, 0.2) is 11.6 Å². The Morgan fingerprint density at radius 3 is 1.49 bits per heavy atom. The highest BCUT2D eigenvalue weighted by atomic mass is 16.5. The van der Waals surface area contributed by atoms with Gasteiger partial charge in [-0.3, -0.25) is 9.59 Å². The number of fused-ring (bicyclic) bond motifs is 2. The fourth-order valence-corrected chi connectivity index (χ4v) is 6.26. The largest absolute Gasteiger partial charge is 0.508 e. The minimum atomic E-state index is -0.785. The first kappa shape index (κ1) is 20.3. The molecule has 8 rings (SSSR count). The molecule has 37 heavy (non-hydrogen) atoms. The van der Waals surface area contributed by atoms with Crippen molar-refractivity contribution in [2.24, 2.45) is 0 Å². The number of hydrogen-bond acceptors (Lipinski definition) is 4. The molecule has 0 radical (unpaired) electrons. The number of benzene rings is 5. The molecular formula is C33H18O4. The Bertz CT molecular complexity index is 1830. The Morgan fingerprint density at radius 2 is 1.00 bits per heavy atom. The van der Waals surface area contributed by atoms with Crippen LogP contribution in [0.1, 0.15) is 43.3 Å². The van der Waals surface area contributed by atoms with Gasteiger partial charge in [-0.15, -0.1) is 0 Å². The summed E-state index contributed by atoms with van der Waals surface area (Å²) >= 11 is 0. The summed E-state index contributed by atoms with van der Waals surface area (Å²) in [5.41, 5.74) is 4.04. The van der Waals surface area contributed by atoms with Crippen LogP contribution in [0.5, 0.6) is 5.75 Å². The van der Waals surface area contributed by atoms with Crippen LogP contribution in [0.15, 0.2) is 108 Å². The molecule has 5 aromatic rings. The predicted octanol–water partition coefficient (Wildman–Crippen LogP) is 7.03. The van der Waals surface area contributed by atoms with Crippen molar-refractivity contribution < 1.29 is 19.4 Å². The van der Waals surface area contributed by atoms with Crippen molar-refractivity contribution in [2.75, 3.05) is 0 Å². The van der Waals surface area contributed by atoms with E-state index in [9.17, 15) is 14.7 Å². The van der Waals surface area contributed by atoms with E-state index in [1.54, 1.807) is 18.2 Å². The molecule has 0 bridgehead atoms. The minimum absolute atomic E-state index is 0.0304. The molecule has 2 aliphatic carbocycles. The molecule has 0 spiro atoms. The second-order valence-corrected chi connectivity index (χ2v) is 9.66. The number of hydrogen-bond donors (Lipinski definition) is 1. The van der Waals surface area contributed by atoms with Gasteiger partial charge in [-0.05, 0) is 16.8 Å². The molecule has 3 aliphatic rings. The monoisotopic (exact) mass is 478 g/mol. The van der Waals surface area contributed by atoms with Gasteiger partial charge < -0.3 is 9.84 Å². The lowest BCUT2D eigenvalue weighted by atomic mass is 9.70. The number of phenolic OH excluding ortho intramolecular Hbond substituents is 1. The predicted molar refractivity (Wildman–Crippen MR) is 142 cm³/mol. The lowest BCUT2D eigenvalue weighted by molar-refractivity contribution is 0.101. The van der Waals surface area contributed by atoms with Gasteiger partial charge in [-0.2, -0.15) is 0 Å². The van der Waals surface area contributed by atoms with E-state index in [0.717, 1.165) is 32.7 Å². The van der Waals surface area contributed by atoms with Crippen LogP contribution in [0.25, 0.3) is 33.1 Å². The third kappa shape index (κ3) is 2.51. The second-order valence-electron chi connectivity index (χ2n) is 9.66. The van der Waals surface area contributed by atoms with Crippen LogP contribution in [0, 0.1) is 0 Å². The molecule has 5 aromatic carbocycles. The molecule has 1 heterocycles. The van der Waals surface area contributed by atoms with Crippen LogP contribution in [0.2, 0.25) is 0 Å². The maximum absolute atomic E-state index is 14.2. The van der Waals surface area contributed by atoms with Crippen molar-refractivity contribution in [1.29, 1.82) is 0 Å². The third-order valence-corrected chi connectivity index (χ3v) is 7.80. The van der Waals surface area contributed by atoms with Crippen molar-refractivity contribution in [3.8, 4) is 5.75 Å². The van der Waals surface area contributed by atoms with E-state index >= 15 is 0 Å². The number of ketones is 2. The quantitative estimate of drug-likeness (QED) is 0.281. The summed E-state index contributed by atoms with van der Waals surface area (Å²) in [4.78, 5) is 28.4. The standard InChI is InChI=1S/C33H18O4/c34-24-16-2-1-11-19(24)27-28-30(35)20-12-3-7-17-9-5-14-22(25(17)20)32(28)37-33-23-15-6-10-18-8-4-13-21(26(18)23)31(36)29(27)33/h1-16,27,34H. The van der Waals surface area contributed by atoms with Gasteiger partial charge in [0.2, 0.25) is 0 Å². The number of ether oxygens (including phenoxy) is 1. The van der Waals surface area contributed by atoms with Crippen molar-refractivity contribution in [3.63, 3.8) is 0 Å². The summed E-state index contributed by atoms with van der Waals surface area (Å²) in [7, 11) is 0. The van der Waals surface area contributed by atoms with Crippen molar-refractivity contribution in [2.45, 2.75) is 5.92 Å². The number of phenols is 1. The first-order chi connectivity index (χ1) is 18.1. The highest BCUT2D eigenvalue weighted by Crippen LogP contribution is 2.55. The maximum atomic E-state index is 14.2. The molecule has 0 amide bonds. The lowest BCUT2D eigenvalue weighted by Gasteiger charge is -2.37. The first-order valence-electron chi connectivity index (χ1n) is 12.2. The fraction of sp³-hybridized carbons (Fsp3) is 0.0303. The van der Waals surface area contributed by atoms with Crippen molar-refractivity contribution in [3.05, 3.63) is 136 Å². The Morgan fingerprint density at radius 1 is 0.541 bits per heavy atom. The number of carbonyl (C=O) groups is 2. The minimum Gasteiger partial charge on any atom is -0.508 e. The molecule has 0 atom stereocenters. The Kier molecular flexibility index (Phi) is 3.86. The van der Waals surface area contributed by atoms with Crippen molar-refractivity contribution >= 4 is 44.6 Å². The van der Waals surface area contributed by atoms with E-state index in [4.69, 9.17) is 4.74 Å². The normalized spacial score (nSPS) is 16.2. The van der Waals surface area contributed by atoms with Crippen LogP contribution < -0.4 is 0 Å². The summed E-state index contributed by atoms with van der Waals surface area (Å²) in [5.74, 6) is -0.237. The van der Waals surface area contributed by atoms with E-state index in [2.05, 4.69) is 0 Å². The Balaban J connectivity index is 1.51. The van der Waals surface area contributed by atoms with Gasteiger partial charge in [0.1, 0.15) is 17.3 Å². The van der Waals surface area contributed by atoms with Gasteiger partial charge in [-0.1, -0.05) is 91.0 Å². The Labute approximate surface area is 211 Å². The molecular weight excluding hydrogens is 460 g/mol.